The van der Waals surface area contributed by atoms with Crippen LogP contribution in [0.4, 0.5) is 0 Å². The molecule has 0 rings (SSSR count). The van der Waals surface area contributed by atoms with Crippen LogP contribution in [0.3, 0.4) is 0 Å². The average molecular weight is 356 g/mol. The quantitative estimate of drug-likeness (QED) is 0.360. The summed E-state index contributed by atoms with van der Waals surface area (Å²) in [6, 6.07) is 0. The highest BCUT2D eigenvalue weighted by atomic mass is 31.2. The summed E-state index contributed by atoms with van der Waals surface area (Å²) in [5.74, 6) is 0.0629. The second kappa shape index (κ2) is 10.7. The van der Waals surface area contributed by atoms with E-state index in [2.05, 4.69) is 26.8 Å². The molecule has 0 aliphatic carbocycles. The Morgan fingerprint density at radius 2 is 1.55 bits per heavy atom. The maximum Gasteiger partial charge on any atom is 0.342 e. The largest absolute Gasteiger partial charge is 0.342 e. The van der Waals surface area contributed by atoms with Gasteiger partial charge in [-0.3, -0.25) is 9.13 Å². The first-order chi connectivity index (χ1) is 10.2. The second-order valence-electron chi connectivity index (χ2n) is 5.50. The molecule has 0 aromatic heterocycles. The van der Waals surface area contributed by atoms with Gasteiger partial charge in [0.25, 0.3) is 0 Å². The summed E-state index contributed by atoms with van der Waals surface area (Å²) < 4.78 is 44.3. The third kappa shape index (κ3) is 9.24. The van der Waals surface area contributed by atoms with Crippen LogP contribution in [0.25, 0.3) is 0 Å². The Kier molecular flexibility index (Phi) is 10.8. The third-order valence-electron chi connectivity index (χ3n) is 3.29. The fourth-order valence-electron chi connectivity index (χ4n) is 1.75. The van der Waals surface area contributed by atoms with Gasteiger partial charge >= 0.3 is 15.2 Å². The molecule has 0 aliphatic heterocycles. The van der Waals surface area contributed by atoms with Gasteiger partial charge in [-0.05, 0) is 39.0 Å². The Labute approximate surface area is 134 Å². The van der Waals surface area contributed by atoms with E-state index in [0.29, 0.717) is 5.92 Å². The van der Waals surface area contributed by atoms with Crippen molar-refractivity contribution in [2.45, 2.75) is 40.0 Å². The van der Waals surface area contributed by atoms with Crippen molar-refractivity contribution < 1.29 is 27.2 Å². The summed E-state index contributed by atoms with van der Waals surface area (Å²) in [5.41, 5.74) is 1.31. The van der Waals surface area contributed by atoms with Gasteiger partial charge in [-0.2, -0.15) is 0 Å². The Hall–Kier alpha value is 0.0400. The first-order valence-electron chi connectivity index (χ1n) is 7.33. The van der Waals surface area contributed by atoms with E-state index in [1.165, 1.54) is 26.9 Å². The molecule has 132 valence electrons. The lowest BCUT2D eigenvalue weighted by atomic mass is 10.0. The van der Waals surface area contributed by atoms with Crippen LogP contribution >= 0.6 is 15.2 Å². The molecule has 6 nitrogen and oxygen atoms in total. The van der Waals surface area contributed by atoms with Crippen molar-refractivity contribution in [3.05, 3.63) is 11.6 Å². The molecule has 0 spiro atoms. The lowest BCUT2D eigenvalue weighted by Crippen LogP contribution is -2.05. The first-order valence-corrected chi connectivity index (χ1v) is 10.8. The molecule has 2 unspecified atom stereocenters. The smallest absolute Gasteiger partial charge is 0.311 e. The molecule has 0 aromatic rings. The molecule has 0 saturated heterocycles. The minimum atomic E-state index is -3.48. The van der Waals surface area contributed by atoms with Crippen LogP contribution in [0.5, 0.6) is 0 Å². The molecular formula is C14H30O6P2. The van der Waals surface area contributed by atoms with E-state index in [9.17, 15) is 9.13 Å². The molecule has 0 radical (unpaired) electrons. The van der Waals surface area contributed by atoms with Gasteiger partial charge in [-0.25, -0.2) is 0 Å². The fourth-order valence-corrected chi connectivity index (χ4v) is 5.79. The standard InChI is InChI=1S/C14H30O6P2/c1-13(2)8-7-9-14(3)10-11-20-22(16,19-6)12-21(15,17-4)18-5/h8,14H,7,9-12H2,1-6H3. The van der Waals surface area contributed by atoms with Gasteiger partial charge in [-0.15, -0.1) is 0 Å². The summed E-state index contributed by atoms with van der Waals surface area (Å²) >= 11 is 0. The number of rotatable bonds is 12. The van der Waals surface area contributed by atoms with Gasteiger partial charge in [0.05, 0.1) is 6.61 Å². The zero-order valence-corrected chi connectivity index (χ0v) is 16.3. The minimum Gasteiger partial charge on any atom is -0.311 e. The van der Waals surface area contributed by atoms with E-state index in [0.717, 1.165) is 19.3 Å². The highest BCUT2D eigenvalue weighted by Crippen LogP contribution is 2.62. The molecule has 8 heteroatoms. The van der Waals surface area contributed by atoms with Gasteiger partial charge < -0.3 is 18.1 Å². The highest BCUT2D eigenvalue weighted by molar-refractivity contribution is 7.71. The van der Waals surface area contributed by atoms with Crippen LogP contribution < -0.4 is 0 Å². The van der Waals surface area contributed by atoms with E-state index in [4.69, 9.17) is 18.1 Å². The molecular weight excluding hydrogens is 326 g/mol. The summed E-state index contributed by atoms with van der Waals surface area (Å²) in [6.45, 7) is 6.56. The molecule has 0 aliphatic rings. The molecule has 0 saturated carbocycles. The van der Waals surface area contributed by atoms with E-state index in [1.807, 2.05) is 0 Å². The summed E-state index contributed by atoms with van der Waals surface area (Å²) in [7, 11) is -3.15. The van der Waals surface area contributed by atoms with Crippen LogP contribution in [-0.2, 0) is 27.2 Å². The molecule has 0 aromatic carbocycles. The van der Waals surface area contributed by atoms with Crippen molar-refractivity contribution in [1.29, 1.82) is 0 Å². The lowest BCUT2D eigenvalue weighted by molar-refractivity contribution is 0.216. The predicted molar refractivity (Wildman–Crippen MR) is 89.5 cm³/mol. The van der Waals surface area contributed by atoms with Crippen molar-refractivity contribution in [2.75, 3.05) is 33.8 Å². The number of hydrogen-bond acceptors (Lipinski definition) is 6. The summed E-state index contributed by atoms with van der Waals surface area (Å²) in [5, 5.41) is 0. The van der Waals surface area contributed by atoms with Gasteiger partial charge in [0.2, 0.25) is 0 Å². The Balaban J connectivity index is 4.31. The lowest BCUT2D eigenvalue weighted by Gasteiger charge is -2.21. The maximum absolute atomic E-state index is 12.4. The zero-order valence-electron chi connectivity index (χ0n) is 14.5. The first kappa shape index (κ1) is 22.0. The average Bonchev–Trinajstić information content (AvgIpc) is 2.46. The van der Waals surface area contributed by atoms with E-state index < -0.39 is 15.2 Å². The molecule has 0 fully saturated rings. The van der Waals surface area contributed by atoms with Crippen molar-refractivity contribution >= 4 is 15.2 Å². The van der Waals surface area contributed by atoms with Crippen molar-refractivity contribution in [1.82, 2.24) is 0 Å². The monoisotopic (exact) mass is 356 g/mol. The van der Waals surface area contributed by atoms with Crippen LogP contribution in [0.1, 0.15) is 40.0 Å². The van der Waals surface area contributed by atoms with Crippen LogP contribution in [0, 0.1) is 5.92 Å². The summed E-state index contributed by atoms with van der Waals surface area (Å²) in [4.78, 5) is 0. The maximum atomic E-state index is 12.4. The molecule has 0 amide bonds. The second-order valence-corrected chi connectivity index (χ2v) is 10.4. The molecule has 22 heavy (non-hydrogen) atoms. The molecule has 0 bridgehead atoms. The van der Waals surface area contributed by atoms with Crippen LogP contribution in [0.2, 0.25) is 0 Å². The van der Waals surface area contributed by atoms with Crippen molar-refractivity contribution in [3.63, 3.8) is 0 Å². The number of allylic oxidation sites excluding steroid dienone is 2. The van der Waals surface area contributed by atoms with Crippen molar-refractivity contribution in [2.24, 2.45) is 5.92 Å². The topological polar surface area (TPSA) is 71.1 Å². The third-order valence-corrected chi connectivity index (χ3v) is 8.31. The van der Waals surface area contributed by atoms with Gasteiger partial charge in [0.1, 0.15) is 0 Å². The summed E-state index contributed by atoms with van der Waals surface area (Å²) in [6.07, 6.45) is 5.02. The Bertz CT molecular complexity index is 423. The number of hydrogen-bond donors (Lipinski definition) is 0. The Morgan fingerprint density at radius 1 is 1.00 bits per heavy atom. The van der Waals surface area contributed by atoms with Crippen LogP contribution in [-0.4, -0.2) is 33.8 Å². The van der Waals surface area contributed by atoms with Gasteiger partial charge in [0.15, 0.2) is 5.90 Å². The minimum absolute atomic E-state index is 0.286. The predicted octanol–water partition coefficient (Wildman–Crippen LogP) is 5.06. The van der Waals surface area contributed by atoms with Gasteiger partial charge in [0, 0.05) is 21.3 Å². The van der Waals surface area contributed by atoms with E-state index >= 15 is 0 Å². The Morgan fingerprint density at radius 3 is 2.00 bits per heavy atom. The highest BCUT2D eigenvalue weighted by Gasteiger charge is 2.36. The fraction of sp³-hybridized carbons (Fsp3) is 0.857. The SMILES string of the molecule is COP(=O)(CP(=O)(OC)OCCC(C)CCC=C(C)C)OC. The van der Waals surface area contributed by atoms with E-state index in [1.54, 1.807) is 0 Å². The molecule has 0 N–H and O–H groups in total. The van der Waals surface area contributed by atoms with Gasteiger partial charge in [-0.1, -0.05) is 18.6 Å². The van der Waals surface area contributed by atoms with Crippen LogP contribution in [0.15, 0.2) is 11.6 Å². The van der Waals surface area contributed by atoms with E-state index in [-0.39, 0.29) is 12.5 Å². The molecule has 2 atom stereocenters. The molecule has 0 heterocycles. The normalized spacial score (nSPS) is 16.1. The van der Waals surface area contributed by atoms with Crippen molar-refractivity contribution in [3.8, 4) is 0 Å². The zero-order chi connectivity index (χ0) is 17.2.